The quantitative estimate of drug-likeness (QED) is 0.250. The van der Waals surface area contributed by atoms with E-state index in [2.05, 4.69) is 49.4 Å². The first-order valence-corrected chi connectivity index (χ1v) is 13.8. The van der Waals surface area contributed by atoms with E-state index in [1.54, 1.807) is 0 Å². The molecule has 0 unspecified atom stereocenters. The summed E-state index contributed by atoms with van der Waals surface area (Å²) in [5, 5.41) is 0. The molecule has 1 aliphatic carbocycles. The molecule has 1 fully saturated rings. The van der Waals surface area contributed by atoms with E-state index in [0.29, 0.717) is 24.3 Å². The van der Waals surface area contributed by atoms with Crippen LogP contribution in [-0.4, -0.2) is 0 Å². The lowest BCUT2D eigenvalue weighted by Crippen LogP contribution is -2.16. The predicted molar refractivity (Wildman–Crippen MR) is 148 cm³/mol. The van der Waals surface area contributed by atoms with Crippen molar-refractivity contribution in [2.24, 2.45) is 11.8 Å². The fourth-order valence-electron chi connectivity index (χ4n) is 5.81. The molecule has 0 N–H and O–H groups in total. The molecule has 2 heteroatoms. The molecule has 0 bridgehead atoms. The molecular formula is C34H40F2. The Hall–Kier alpha value is -2.74. The molecule has 0 radical (unpaired) electrons. The average molecular weight is 487 g/mol. The summed E-state index contributed by atoms with van der Waals surface area (Å²) in [5.41, 5.74) is 4.42. The molecule has 1 atom stereocenters. The summed E-state index contributed by atoms with van der Waals surface area (Å²) in [7, 11) is 0. The van der Waals surface area contributed by atoms with Crippen molar-refractivity contribution in [1.29, 1.82) is 0 Å². The normalized spacial score (nSPS) is 19.0. The highest BCUT2D eigenvalue weighted by atomic mass is 19.1. The molecule has 4 rings (SSSR count). The van der Waals surface area contributed by atoms with Crippen molar-refractivity contribution in [3.63, 3.8) is 0 Å². The van der Waals surface area contributed by atoms with Crippen LogP contribution in [0.3, 0.4) is 0 Å². The van der Waals surface area contributed by atoms with Gasteiger partial charge in [0.1, 0.15) is 11.6 Å². The van der Waals surface area contributed by atoms with E-state index < -0.39 is 11.6 Å². The minimum Gasteiger partial charge on any atom is -0.207 e. The third-order valence-corrected chi connectivity index (χ3v) is 8.09. The highest BCUT2D eigenvalue weighted by Gasteiger charge is 2.23. The first-order valence-electron chi connectivity index (χ1n) is 13.8. The molecule has 0 aliphatic heterocycles. The van der Waals surface area contributed by atoms with Crippen molar-refractivity contribution >= 4 is 0 Å². The van der Waals surface area contributed by atoms with Gasteiger partial charge in [-0.2, -0.15) is 0 Å². The molecule has 1 aliphatic rings. The summed E-state index contributed by atoms with van der Waals surface area (Å²) in [6, 6.07) is 22.1. The first kappa shape index (κ1) is 26.3. The van der Waals surface area contributed by atoms with Crippen LogP contribution in [0, 0.1) is 23.5 Å². The molecule has 36 heavy (non-hydrogen) atoms. The largest absolute Gasteiger partial charge is 0.207 e. The van der Waals surface area contributed by atoms with Gasteiger partial charge in [-0.25, -0.2) is 8.78 Å². The molecule has 3 aromatic carbocycles. The lowest BCUT2D eigenvalue weighted by Gasteiger charge is -2.30. The third-order valence-electron chi connectivity index (χ3n) is 8.09. The van der Waals surface area contributed by atoms with E-state index in [9.17, 15) is 8.78 Å². The minimum atomic E-state index is -0.452. The van der Waals surface area contributed by atoms with Crippen molar-refractivity contribution in [2.45, 2.75) is 77.6 Å². The molecule has 0 nitrogen and oxygen atoms in total. The maximum Gasteiger partial charge on any atom is 0.129 e. The summed E-state index contributed by atoms with van der Waals surface area (Å²) >= 11 is 0. The summed E-state index contributed by atoms with van der Waals surface area (Å²) in [6.07, 6.45) is 13.8. The maximum absolute atomic E-state index is 14.5. The van der Waals surface area contributed by atoms with E-state index in [0.717, 1.165) is 23.8 Å². The number of allylic oxidation sites excluding steroid dienone is 2. The first-order chi connectivity index (χ1) is 17.5. The van der Waals surface area contributed by atoms with Gasteiger partial charge in [-0.15, -0.1) is 0 Å². The predicted octanol–water partition coefficient (Wildman–Crippen LogP) is 10.1. The van der Waals surface area contributed by atoms with Gasteiger partial charge in [-0.1, -0.05) is 99.4 Å². The second-order valence-corrected chi connectivity index (χ2v) is 10.7. The lowest BCUT2D eigenvalue weighted by molar-refractivity contribution is 0.245. The van der Waals surface area contributed by atoms with E-state index in [4.69, 9.17) is 0 Å². The van der Waals surface area contributed by atoms with Gasteiger partial charge in [0.15, 0.2) is 0 Å². The monoisotopic (exact) mass is 486 g/mol. The van der Waals surface area contributed by atoms with Gasteiger partial charge in [0.25, 0.3) is 0 Å². The number of rotatable bonds is 10. The molecule has 1 saturated carbocycles. The summed E-state index contributed by atoms with van der Waals surface area (Å²) in [4.78, 5) is 0. The van der Waals surface area contributed by atoms with Gasteiger partial charge < -0.3 is 0 Å². The zero-order chi connectivity index (χ0) is 25.3. The van der Waals surface area contributed by atoms with Gasteiger partial charge in [-0.05, 0) is 91.2 Å². The molecule has 0 amide bonds. The van der Waals surface area contributed by atoms with Crippen molar-refractivity contribution in [3.05, 3.63) is 107 Å². The van der Waals surface area contributed by atoms with Crippen LogP contribution in [0.15, 0.2) is 78.9 Å². The van der Waals surface area contributed by atoms with Gasteiger partial charge >= 0.3 is 0 Å². The van der Waals surface area contributed by atoms with Crippen LogP contribution in [0.1, 0.15) is 81.4 Å². The second-order valence-electron chi connectivity index (χ2n) is 10.7. The van der Waals surface area contributed by atoms with Crippen molar-refractivity contribution in [2.75, 3.05) is 0 Å². The molecular weight excluding hydrogens is 446 g/mol. The zero-order valence-electron chi connectivity index (χ0n) is 21.9. The van der Waals surface area contributed by atoms with E-state index in [-0.39, 0.29) is 5.56 Å². The highest BCUT2D eigenvalue weighted by Crippen LogP contribution is 2.37. The van der Waals surface area contributed by atoms with Crippen molar-refractivity contribution in [3.8, 4) is 11.1 Å². The number of hydrogen-bond donors (Lipinski definition) is 0. The Kier molecular flexibility index (Phi) is 9.50. The van der Waals surface area contributed by atoms with Crippen LogP contribution >= 0.6 is 0 Å². The van der Waals surface area contributed by atoms with Crippen molar-refractivity contribution < 1.29 is 8.78 Å². The Morgan fingerprint density at radius 1 is 0.806 bits per heavy atom. The zero-order valence-corrected chi connectivity index (χ0v) is 21.9. The fraction of sp³-hybridized carbons (Fsp3) is 0.412. The van der Waals surface area contributed by atoms with Crippen LogP contribution in [0.25, 0.3) is 11.1 Å². The van der Waals surface area contributed by atoms with Crippen LogP contribution < -0.4 is 0 Å². The summed E-state index contributed by atoms with van der Waals surface area (Å²) in [5.74, 6) is 1.40. The molecule has 0 saturated heterocycles. The number of benzene rings is 3. The number of halogens is 2. The van der Waals surface area contributed by atoms with Crippen LogP contribution in [0.2, 0.25) is 0 Å². The lowest BCUT2D eigenvalue weighted by atomic mass is 9.75. The third kappa shape index (κ3) is 7.15. The Morgan fingerprint density at radius 3 is 2.08 bits per heavy atom. The maximum atomic E-state index is 14.5. The smallest absolute Gasteiger partial charge is 0.129 e. The fourth-order valence-corrected chi connectivity index (χ4v) is 5.81. The molecule has 0 heterocycles. The van der Waals surface area contributed by atoms with Crippen LogP contribution in [0.4, 0.5) is 8.78 Å². The number of hydrogen-bond acceptors (Lipinski definition) is 0. The summed E-state index contributed by atoms with van der Waals surface area (Å²) in [6.45, 7) is 4.28. The standard InChI is InChI=1S/C34H40F2/c1-3-4-6-11-32-33(35)23-31(24-34(32)36)30-20-18-27(19-21-30)13-12-26-14-16-28(17-15-26)22-25(2)29-9-7-5-8-10-29/h3-5,7-10,18-21,23-26,28H,6,11-17,22H2,1-2H3/b4-3+/t25-,26?,28?/m1/s1. The van der Waals surface area contributed by atoms with E-state index in [1.807, 2.05) is 31.2 Å². The topological polar surface area (TPSA) is 0 Å². The van der Waals surface area contributed by atoms with Gasteiger partial charge in [0.2, 0.25) is 0 Å². The SMILES string of the molecule is C/C=C/CCc1c(F)cc(-c2ccc(CCC3CCC(C[C@@H](C)c4ccccc4)CC3)cc2)cc1F. The second kappa shape index (κ2) is 13.0. The van der Waals surface area contributed by atoms with Gasteiger partial charge in [0.05, 0.1) is 0 Å². The Balaban J connectivity index is 1.25. The van der Waals surface area contributed by atoms with Crippen molar-refractivity contribution in [1.82, 2.24) is 0 Å². The molecule has 190 valence electrons. The Morgan fingerprint density at radius 2 is 1.44 bits per heavy atom. The van der Waals surface area contributed by atoms with E-state index >= 15 is 0 Å². The molecule has 3 aromatic rings. The van der Waals surface area contributed by atoms with Gasteiger partial charge in [0, 0.05) is 5.56 Å². The molecule has 0 aromatic heterocycles. The highest BCUT2D eigenvalue weighted by molar-refractivity contribution is 5.64. The van der Waals surface area contributed by atoms with Gasteiger partial charge in [-0.3, -0.25) is 0 Å². The Labute approximate surface area is 216 Å². The molecule has 0 spiro atoms. The Bertz CT molecular complexity index is 1080. The van der Waals surface area contributed by atoms with E-state index in [1.165, 1.54) is 61.8 Å². The number of aryl methyl sites for hydroxylation is 1. The van der Waals surface area contributed by atoms with Crippen LogP contribution in [-0.2, 0) is 12.8 Å². The minimum absolute atomic E-state index is 0.178. The van der Waals surface area contributed by atoms with Crippen LogP contribution in [0.5, 0.6) is 0 Å². The average Bonchev–Trinajstić information content (AvgIpc) is 2.90. The summed E-state index contributed by atoms with van der Waals surface area (Å²) < 4.78 is 29.1.